The molecule has 2 saturated heterocycles. The highest BCUT2D eigenvalue weighted by Gasteiger charge is 2.31. The number of benzene rings is 1. The number of anilines is 1. The fourth-order valence-corrected chi connectivity index (χ4v) is 8.61. The highest BCUT2D eigenvalue weighted by Crippen LogP contribution is 2.35. The molecule has 1 amide bonds. The number of ether oxygens (including phenoxy) is 1. The maximum absolute atomic E-state index is 13.0. The summed E-state index contributed by atoms with van der Waals surface area (Å²) in [6, 6.07) is 8.55. The van der Waals surface area contributed by atoms with Crippen LogP contribution in [0.5, 0.6) is 5.75 Å². The Bertz CT molecular complexity index is 1460. The zero-order chi connectivity index (χ0) is 27.7. The zero-order valence-electron chi connectivity index (χ0n) is 23.4. The Kier molecular flexibility index (Phi) is 7.72. The summed E-state index contributed by atoms with van der Waals surface area (Å²) in [5.41, 5.74) is 0.948. The van der Waals surface area contributed by atoms with Crippen molar-refractivity contribution in [3.63, 3.8) is 0 Å². The number of nitrogens with one attached hydrogen (secondary N) is 2. The van der Waals surface area contributed by atoms with Gasteiger partial charge in [0.2, 0.25) is 11.9 Å². The van der Waals surface area contributed by atoms with E-state index in [0.29, 0.717) is 36.2 Å². The molecule has 3 aromatic rings. The van der Waals surface area contributed by atoms with Crippen molar-refractivity contribution < 1.29 is 9.53 Å². The lowest BCUT2D eigenvalue weighted by atomic mass is 9.85. The normalized spacial score (nSPS) is 26.6. The number of piperazine rings is 1. The number of hydrogen-bond donors (Lipinski definition) is 2. The van der Waals surface area contributed by atoms with Crippen LogP contribution in [0.1, 0.15) is 39.0 Å². The molecule has 2 aromatic heterocycles. The van der Waals surface area contributed by atoms with Crippen LogP contribution in [0.25, 0.3) is 16.7 Å². The third-order valence-corrected chi connectivity index (χ3v) is 10.8. The molecular formula is C30H41N7O2S. The molecule has 6 rings (SSSR count). The van der Waals surface area contributed by atoms with Gasteiger partial charge in [-0.05, 0) is 62.7 Å². The van der Waals surface area contributed by atoms with E-state index in [9.17, 15) is 4.79 Å². The first-order valence-electron chi connectivity index (χ1n) is 14.5. The highest BCUT2D eigenvalue weighted by atomic mass is 32.2. The van der Waals surface area contributed by atoms with E-state index >= 15 is 0 Å². The second kappa shape index (κ2) is 11.4. The second-order valence-corrected chi connectivity index (χ2v) is 15.1. The number of amides is 1. The van der Waals surface area contributed by atoms with Crippen LogP contribution in [0.4, 0.5) is 5.95 Å². The van der Waals surface area contributed by atoms with Crippen LogP contribution in [0.3, 0.4) is 0 Å². The minimum Gasteiger partial charge on any atom is -0.493 e. The van der Waals surface area contributed by atoms with Gasteiger partial charge in [-0.1, -0.05) is 17.8 Å². The minimum absolute atomic E-state index is 0.122. The monoisotopic (exact) mass is 563 g/mol. The lowest BCUT2D eigenvalue weighted by Crippen LogP contribution is -2.53. The topological polar surface area (TPSA) is 97.2 Å². The second-order valence-electron chi connectivity index (χ2n) is 11.9. The van der Waals surface area contributed by atoms with Crippen molar-refractivity contribution in [2.75, 3.05) is 43.1 Å². The van der Waals surface area contributed by atoms with E-state index in [2.05, 4.69) is 39.4 Å². The van der Waals surface area contributed by atoms with Gasteiger partial charge in [-0.3, -0.25) is 4.79 Å². The van der Waals surface area contributed by atoms with Crippen molar-refractivity contribution in [2.24, 2.45) is 11.8 Å². The summed E-state index contributed by atoms with van der Waals surface area (Å²) in [5.74, 6) is 13.9. The molecule has 3 aliphatic rings. The molecule has 0 radical (unpaired) electrons. The summed E-state index contributed by atoms with van der Waals surface area (Å²) in [6.45, 7) is 5.33. The fourth-order valence-electron chi connectivity index (χ4n) is 6.35. The van der Waals surface area contributed by atoms with E-state index in [4.69, 9.17) is 9.72 Å². The zero-order valence-corrected chi connectivity index (χ0v) is 24.2. The smallest absolute Gasteiger partial charge is 0.225 e. The van der Waals surface area contributed by atoms with E-state index in [-0.39, 0.29) is 12.0 Å². The number of carbonyl (C=O) groups is 1. The summed E-state index contributed by atoms with van der Waals surface area (Å²) in [7, 11) is -0.938. The molecule has 2 atom stereocenters. The molecular weight excluding hydrogens is 522 g/mol. The Labute approximate surface area is 237 Å². The third-order valence-electron chi connectivity index (χ3n) is 8.54. The van der Waals surface area contributed by atoms with Gasteiger partial charge in [0.05, 0.1) is 23.7 Å². The molecule has 9 nitrogen and oxygen atoms in total. The first-order chi connectivity index (χ1) is 19.3. The van der Waals surface area contributed by atoms with Gasteiger partial charge in [-0.2, -0.15) is 10.1 Å². The molecule has 1 saturated carbocycles. The van der Waals surface area contributed by atoms with E-state index in [1.807, 2.05) is 40.0 Å². The standard InChI is InChI=1S/C30H41N7O2S/c1-21-18-36(15-14-31-21)29(38)23-7-9-24(10-8-23)34-30-32-13-11-28(35-30)37-26-5-4-6-27(25(26)17-33-37)39-19-22-12-16-40(2,3)20-22/h4-6,11,13,17,21-24,31H,2-3,7-10,12,14-16,18-20H2,1H3,(H,32,34,35). The predicted octanol–water partition coefficient (Wildman–Crippen LogP) is 3.67. The highest BCUT2D eigenvalue weighted by molar-refractivity contribution is 8.27. The van der Waals surface area contributed by atoms with E-state index in [0.717, 1.165) is 79.9 Å². The van der Waals surface area contributed by atoms with Crippen LogP contribution >= 0.6 is 9.21 Å². The summed E-state index contributed by atoms with van der Waals surface area (Å²) >= 11 is 0. The van der Waals surface area contributed by atoms with E-state index in [1.165, 1.54) is 0 Å². The van der Waals surface area contributed by atoms with Crippen molar-refractivity contribution in [1.29, 1.82) is 0 Å². The Morgan fingerprint density at radius 2 is 2.05 bits per heavy atom. The third kappa shape index (κ3) is 5.98. The summed E-state index contributed by atoms with van der Waals surface area (Å²) in [6.07, 6.45) is 8.42. The molecule has 10 heteroatoms. The van der Waals surface area contributed by atoms with Crippen molar-refractivity contribution >= 4 is 43.7 Å². The largest absolute Gasteiger partial charge is 0.493 e. The first kappa shape index (κ1) is 27.1. The molecule has 0 bridgehead atoms. The number of carbonyl (C=O) groups excluding carboxylic acids is 1. The lowest BCUT2D eigenvalue weighted by Gasteiger charge is -2.36. The molecule has 1 aromatic carbocycles. The van der Waals surface area contributed by atoms with Gasteiger partial charge in [0.1, 0.15) is 5.75 Å². The molecule has 214 valence electrons. The van der Waals surface area contributed by atoms with Gasteiger partial charge in [-0.15, -0.1) is 0 Å². The number of nitrogens with zero attached hydrogens (tertiary/aromatic N) is 5. The quantitative estimate of drug-likeness (QED) is 0.424. The average Bonchev–Trinajstić information content (AvgIpc) is 3.55. The van der Waals surface area contributed by atoms with Gasteiger partial charge < -0.3 is 20.3 Å². The van der Waals surface area contributed by atoms with Crippen LogP contribution in [0.15, 0.2) is 36.7 Å². The van der Waals surface area contributed by atoms with Crippen LogP contribution in [0, 0.1) is 11.8 Å². The van der Waals surface area contributed by atoms with Gasteiger partial charge >= 0.3 is 0 Å². The molecule has 40 heavy (non-hydrogen) atoms. The van der Waals surface area contributed by atoms with Gasteiger partial charge in [0.15, 0.2) is 5.82 Å². The van der Waals surface area contributed by atoms with Gasteiger partial charge in [-0.25, -0.2) is 18.9 Å². The molecule has 3 fully saturated rings. The lowest BCUT2D eigenvalue weighted by molar-refractivity contribution is -0.137. The molecule has 1 aliphatic carbocycles. The van der Waals surface area contributed by atoms with E-state index < -0.39 is 9.21 Å². The van der Waals surface area contributed by atoms with Crippen LogP contribution in [-0.4, -0.2) is 92.1 Å². The SMILES string of the molecule is C=S1(=C)CCC(COc2cccc3c2cnn3-c2ccnc(NC3CCC(C(=O)N4CCNC(C)C4)CC3)n2)C1. The molecule has 0 spiro atoms. The Hall–Kier alpha value is -3.11. The molecule has 4 heterocycles. The maximum atomic E-state index is 13.0. The number of rotatable bonds is 7. The summed E-state index contributed by atoms with van der Waals surface area (Å²) in [5, 5.41) is 12.6. The maximum Gasteiger partial charge on any atom is 0.225 e. The van der Waals surface area contributed by atoms with Crippen molar-refractivity contribution in [3.05, 3.63) is 36.7 Å². The van der Waals surface area contributed by atoms with Crippen LogP contribution < -0.4 is 15.4 Å². The van der Waals surface area contributed by atoms with E-state index in [1.54, 1.807) is 6.20 Å². The van der Waals surface area contributed by atoms with Gasteiger partial charge in [0, 0.05) is 55.8 Å². The first-order valence-corrected chi connectivity index (χ1v) is 16.8. The predicted molar refractivity (Wildman–Crippen MR) is 165 cm³/mol. The van der Waals surface area contributed by atoms with Crippen molar-refractivity contribution in [1.82, 2.24) is 30.0 Å². The summed E-state index contributed by atoms with van der Waals surface area (Å²) in [4.78, 5) is 24.4. The van der Waals surface area contributed by atoms with Gasteiger partial charge in [0.25, 0.3) is 0 Å². The molecule has 2 N–H and O–H groups in total. The number of fused-ring (bicyclic) bond motifs is 1. The van der Waals surface area contributed by atoms with Crippen molar-refractivity contribution in [3.8, 4) is 11.6 Å². The number of hydrogen-bond acceptors (Lipinski definition) is 7. The van der Waals surface area contributed by atoms with Crippen molar-refractivity contribution in [2.45, 2.75) is 51.1 Å². The fraction of sp³-hybridized carbons (Fsp3) is 0.533. The average molecular weight is 564 g/mol. The molecule has 2 unspecified atom stereocenters. The Morgan fingerprint density at radius 3 is 2.83 bits per heavy atom. The Morgan fingerprint density at radius 1 is 1.20 bits per heavy atom. The molecule has 2 aliphatic heterocycles. The Balaban J connectivity index is 1.08. The minimum atomic E-state index is -0.938. The van der Waals surface area contributed by atoms with Crippen LogP contribution in [0.2, 0.25) is 0 Å². The van der Waals surface area contributed by atoms with Crippen LogP contribution in [-0.2, 0) is 4.79 Å². The number of aromatic nitrogens is 4. The summed E-state index contributed by atoms with van der Waals surface area (Å²) < 4.78 is 8.11.